The average Bonchev–Trinajstić information content (AvgIpc) is 2.48. The Kier molecular flexibility index (Phi) is 5.76. The first-order chi connectivity index (χ1) is 10.4. The van der Waals surface area contributed by atoms with Crippen molar-refractivity contribution in [2.45, 2.75) is 57.2 Å². The van der Waals surface area contributed by atoms with Crippen LogP contribution in [0.3, 0.4) is 0 Å². The summed E-state index contributed by atoms with van der Waals surface area (Å²) in [5.74, 6) is 0.767. The molecular formula is C18H29ClN2O. The lowest BCUT2D eigenvalue weighted by Crippen LogP contribution is -2.48. The molecule has 1 aromatic rings. The van der Waals surface area contributed by atoms with Gasteiger partial charge >= 0.3 is 0 Å². The third kappa shape index (κ3) is 3.58. The lowest BCUT2D eigenvalue weighted by Gasteiger charge is -2.46. The number of hydrogen-bond acceptors (Lipinski definition) is 3. The van der Waals surface area contributed by atoms with Crippen LogP contribution in [0.2, 0.25) is 5.02 Å². The second kappa shape index (κ2) is 7.20. The van der Waals surface area contributed by atoms with Crippen LogP contribution in [0.25, 0.3) is 0 Å². The van der Waals surface area contributed by atoms with Crippen molar-refractivity contribution in [3.05, 3.63) is 28.8 Å². The first-order valence-corrected chi connectivity index (χ1v) is 8.54. The molecule has 1 aromatic carbocycles. The van der Waals surface area contributed by atoms with Crippen molar-refractivity contribution in [1.82, 2.24) is 10.2 Å². The lowest BCUT2D eigenvalue weighted by atomic mass is 9.74. The maximum absolute atomic E-state index is 6.19. The van der Waals surface area contributed by atoms with Gasteiger partial charge in [0.15, 0.2) is 0 Å². The van der Waals surface area contributed by atoms with Gasteiger partial charge in [-0.2, -0.15) is 0 Å². The second-order valence-corrected chi connectivity index (χ2v) is 7.28. The number of benzene rings is 1. The van der Waals surface area contributed by atoms with Crippen LogP contribution in [0.4, 0.5) is 0 Å². The highest BCUT2D eigenvalue weighted by atomic mass is 35.5. The van der Waals surface area contributed by atoms with Crippen molar-refractivity contribution in [2.24, 2.45) is 0 Å². The van der Waals surface area contributed by atoms with Gasteiger partial charge in [-0.1, -0.05) is 31.5 Å². The molecule has 0 spiro atoms. The lowest BCUT2D eigenvalue weighted by molar-refractivity contribution is 0.0839. The summed E-state index contributed by atoms with van der Waals surface area (Å²) in [5, 5.41) is 4.35. The van der Waals surface area contributed by atoms with Crippen molar-refractivity contribution in [1.29, 1.82) is 0 Å². The standard InChI is InChI=1S/C18H29ClN2O/c1-13(2)20-15-8-10-18(11-9-15,21(3)4)14-6-7-16(19)17(12-14)22-5/h6-7,12-13,15,20H,8-11H2,1-5H3. The summed E-state index contributed by atoms with van der Waals surface area (Å²) < 4.78 is 5.41. The Bertz CT molecular complexity index is 494. The van der Waals surface area contributed by atoms with Crippen molar-refractivity contribution in [3.8, 4) is 5.75 Å². The number of halogens is 1. The fourth-order valence-corrected chi connectivity index (χ4v) is 3.87. The molecule has 0 radical (unpaired) electrons. The highest BCUT2D eigenvalue weighted by Gasteiger charge is 2.39. The highest BCUT2D eigenvalue weighted by molar-refractivity contribution is 6.32. The zero-order valence-electron chi connectivity index (χ0n) is 14.4. The quantitative estimate of drug-likeness (QED) is 0.884. The number of nitrogens with one attached hydrogen (secondary N) is 1. The van der Waals surface area contributed by atoms with E-state index in [-0.39, 0.29) is 5.54 Å². The summed E-state index contributed by atoms with van der Waals surface area (Å²) in [5.41, 5.74) is 1.38. The topological polar surface area (TPSA) is 24.5 Å². The highest BCUT2D eigenvalue weighted by Crippen LogP contribution is 2.43. The molecule has 2 rings (SSSR count). The molecule has 1 aliphatic rings. The smallest absolute Gasteiger partial charge is 0.137 e. The number of ether oxygens (including phenoxy) is 1. The first-order valence-electron chi connectivity index (χ1n) is 8.16. The van der Waals surface area contributed by atoms with Crippen LogP contribution in [-0.4, -0.2) is 38.2 Å². The molecular weight excluding hydrogens is 296 g/mol. The Hall–Kier alpha value is -0.770. The number of hydrogen-bond donors (Lipinski definition) is 1. The monoisotopic (exact) mass is 324 g/mol. The van der Waals surface area contributed by atoms with E-state index in [0.29, 0.717) is 17.1 Å². The largest absolute Gasteiger partial charge is 0.495 e. The van der Waals surface area contributed by atoms with Crippen LogP contribution in [-0.2, 0) is 5.54 Å². The van der Waals surface area contributed by atoms with Crippen LogP contribution in [0.1, 0.15) is 45.1 Å². The molecule has 1 N–H and O–H groups in total. The van der Waals surface area contributed by atoms with Gasteiger partial charge in [0, 0.05) is 17.6 Å². The van der Waals surface area contributed by atoms with Crippen molar-refractivity contribution in [2.75, 3.05) is 21.2 Å². The molecule has 0 atom stereocenters. The number of rotatable bonds is 5. The van der Waals surface area contributed by atoms with E-state index >= 15 is 0 Å². The molecule has 0 saturated heterocycles. The van der Waals surface area contributed by atoms with Gasteiger partial charge in [-0.3, -0.25) is 4.90 Å². The van der Waals surface area contributed by atoms with Gasteiger partial charge in [-0.05, 0) is 57.5 Å². The zero-order valence-corrected chi connectivity index (χ0v) is 15.2. The molecule has 1 saturated carbocycles. The summed E-state index contributed by atoms with van der Waals surface area (Å²) in [6.07, 6.45) is 4.69. The predicted molar refractivity (Wildman–Crippen MR) is 93.9 cm³/mol. The fourth-order valence-electron chi connectivity index (χ4n) is 3.68. The van der Waals surface area contributed by atoms with E-state index in [1.807, 2.05) is 6.07 Å². The Morgan fingerprint density at radius 2 is 1.91 bits per heavy atom. The summed E-state index contributed by atoms with van der Waals surface area (Å²) in [4.78, 5) is 2.36. The maximum Gasteiger partial charge on any atom is 0.137 e. The van der Waals surface area contributed by atoms with Gasteiger partial charge in [0.05, 0.1) is 12.1 Å². The van der Waals surface area contributed by atoms with Gasteiger partial charge in [-0.25, -0.2) is 0 Å². The molecule has 1 aliphatic carbocycles. The number of nitrogens with zero attached hydrogens (tertiary/aromatic N) is 1. The molecule has 0 amide bonds. The fraction of sp³-hybridized carbons (Fsp3) is 0.667. The van der Waals surface area contributed by atoms with Crippen molar-refractivity contribution >= 4 is 11.6 Å². The molecule has 4 heteroatoms. The predicted octanol–water partition coefficient (Wildman–Crippen LogP) is 4.05. The Morgan fingerprint density at radius 3 is 2.41 bits per heavy atom. The minimum Gasteiger partial charge on any atom is -0.495 e. The molecule has 0 heterocycles. The van der Waals surface area contributed by atoms with Crippen LogP contribution in [0.15, 0.2) is 18.2 Å². The van der Waals surface area contributed by atoms with E-state index in [4.69, 9.17) is 16.3 Å². The molecule has 1 fully saturated rings. The van der Waals surface area contributed by atoms with Crippen LogP contribution in [0.5, 0.6) is 5.75 Å². The zero-order chi connectivity index (χ0) is 16.3. The first kappa shape index (κ1) is 17.6. The number of methoxy groups -OCH3 is 1. The van der Waals surface area contributed by atoms with E-state index < -0.39 is 0 Å². The molecule has 22 heavy (non-hydrogen) atoms. The van der Waals surface area contributed by atoms with Gasteiger partial charge in [-0.15, -0.1) is 0 Å². The molecule has 3 nitrogen and oxygen atoms in total. The van der Waals surface area contributed by atoms with Crippen molar-refractivity contribution in [3.63, 3.8) is 0 Å². The van der Waals surface area contributed by atoms with Crippen molar-refractivity contribution < 1.29 is 4.74 Å². The van der Waals surface area contributed by atoms with E-state index in [1.54, 1.807) is 7.11 Å². The van der Waals surface area contributed by atoms with E-state index in [9.17, 15) is 0 Å². The summed E-state index contributed by atoms with van der Waals surface area (Å²) in [6, 6.07) is 7.40. The van der Waals surface area contributed by atoms with Gasteiger partial charge < -0.3 is 10.1 Å². The summed E-state index contributed by atoms with van der Waals surface area (Å²) in [7, 11) is 6.03. The minimum atomic E-state index is 0.0764. The van der Waals surface area contributed by atoms with Crippen LogP contribution < -0.4 is 10.1 Å². The van der Waals surface area contributed by atoms with E-state index in [2.05, 4.69) is 50.3 Å². The maximum atomic E-state index is 6.19. The van der Waals surface area contributed by atoms with Crippen LogP contribution in [0, 0.1) is 0 Å². The van der Waals surface area contributed by atoms with Gasteiger partial charge in [0.2, 0.25) is 0 Å². The third-order valence-electron chi connectivity index (χ3n) is 4.93. The normalized spacial score (nSPS) is 25.7. The van der Waals surface area contributed by atoms with Gasteiger partial charge in [0.25, 0.3) is 0 Å². The molecule has 124 valence electrons. The second-order valence-electron chi connectivity index (χ2n) is 6.87. The Balaban J connectivity index is 2.24. The Labute approximate surface area is 140 Å². The third-order valence-corrected chi connectivity index (χ3v) is 5.24. The van der Waals surface area contributed by atoms with E-state index in [0.717, 1.165) is 18.6 Å². The van der Waals surface area contributed by atoms with E-state index in [1.165, 1.54) is 18.4 Å². The molecule has 0 bridgehead atoms. The molecule has 0 unspecified atom stereocenters. The summed E-state index contributed by atoms with van der Waals surface area (Å²) in [6.45, 7) is 4.44. The Morgan fingerprint density at radius 1 is 1.27 bits per heavy atom. The summed E-state index contributed by atoms with van der Waals surface area (Å²) >= 11 is 6.19. The van der Waals surface area contributed by atoms with Crippen LogP contribution >= 0.6 is 11.6 Å². The van der Waals surface area contributed by atoms with Gasteiger partial charge in [0.1, 0.15) is 5.75 Å². The SMILES string of the molecule is COc1cc(C2(N(C)C)CCC(NC(C)C)CC2)ccc1Cl. The minimum absolute atomic E-state index is 0.0764. The molecule has 0 aliphatic heterocycles. The average molecular weight is 325 g/mol. The molecule has 0 aromatic heterocycles.